The molecule has 0 saturated carbocycles. The summed E-state index contributed by atoms with van der Waals surface area (Å²) in [6.45, 7) is 2.70. The van der Waals surface area contributed by atoms with Crippen molar-refractivity contribution in [2.45, 2.75) is 19.4 Å². The fourth-order valence-electron chi connectivity index (χ4n) is 1.46. The quantitative estimate of drug-likeness (QED) is 0.732. The molecule has 1 fully saturated rings. The first-order chi connectivity index (χ1) is 7.78. The van der Waals surface area contributed by atoms with Gasteiger partial charge in [0.1, 0.15) is 19.0 Å². The van der Waals surface area contributed by atoms with Gasteiger partial charge in [0.25, 0.3) is 0 Å². The summed E-state index contributed by atoms with van der Waals surface area (Å²) in [6.07, 6.45) is 0.0993. The second kappa shape index (κ2) is 4.88. The second-order valence-corrected chi connectivity index (χ2v) is 3.61. The molecule has 0 aliphatic carbocycles. The first-order valence-corrected chi connectivity index (χ1v) is 5.33. The van der Waals surface area contributed by atoms with E-state index >= 15 is 0 Å². The van der Waals surface area contributed by atoms with Crippen molar-refractivity contribution in [1.82, 2.24) is 0 Å². The summed E-state index contributed by atoms with van der Waals surface area (Å²) in [5.41, 5.74) is 1.27. The van der Waals surface area contributed by atoms with Gasteiger partial charge in [0.2, 0.25) is 0 Å². The number of carbonyl (C=O) groups excluding carboxylic acids is 1. The molecule has 2 rings (SSSR count). The molecule has 0 amide bonds. The van der Waals surface area contributed by atoms with Gasteiger partial charge in [-0.2, -0.15) is 0 Å². The van der Waals surface area contributed by atoms with Crippen molar-refractivity contribution in [2.75, 3.05) is 13.2 Å². The minimum Gasteiger partial charge on any atom is -0.490 e. The molecule has 4 heteroatoms. The Morgan fingerprint density at radius 1 is 1.38 bits per heavy atom. The highest BCUT2D eigenvalue weighted by Crippen LogP contribution is 2.14. The molecule has 86 valence electrons. The van der Waals surface area contributed by atoms with Crippen LogP contribution in [0.25, 0.3) is 0 Å². The average molecular weight is 222 g/mol. The second-order valence-electron chi connectivity index (χ2n) is 3.61. The van der Waals surface area contributed by atoms with Gasteiger partial charge in [0, 0.05) is 0 Å². The summed E-state index contributed by atoms with van der Waals surface area (Å²) in [6, 6.07) is 7.87. The van der Waals surface area contributed by atoms with Crippen LogP contribution in [0.3, 0.4) is 0 Å². The van der Waals surface area contributed by atoms with E-state index in [2.05, 4.69) is 11.7 Å². The Bertz CT molecular complexity index is 358. The zero-order chi connectivity index (χ0) is 11.4. The van der Waals surface area contributed by atoms with Crippen molar-refractivity contribution in [3.8, 4) is 5.75 Å². The molecule has 0 bridgehead atoms. The minimum absolute atomic E-state index is 0.270. The van der Waals surface area contributed by atoms with Gasteiger partial charge in [-0.3, -0.25) is 0 Å². The number of benzene rings is 1. The fraction of sp³-hybridized carbons (Fsp3) is 0.417. The normalized spacial score (nSPS) is 19.1. The van der Waals surface area contributed by atoms with E-state index < -0.39 is 6.16 Å². The summed E-state index contributed by atoms with van der Waals surface area (Å²) in [4.78, 5) is 10.6. The molecule has 1 saturated heterocycles. The molecule has 0 spiro atoms. The van der Waals surface area contributed by atoms with E-state index in [0.717, 1.165) is 12.2 Å². The molecule has 16 heavy (non-hydrogen) atoms. The highest BCUT2D eigenvalue weighted by Gasteiger charge is 2.25. The maximum atomic E-state index is 10.6. The number of carbonyl (C=O) groups is 1. The van der Waals surface area contributed by atoms with Gasteiger partial charge in [-0.05, 0) is 24.1 Å². The van der Waals surface area contributed by atoms with Crippen LogP contribution in [0.2, 0.25) is 0 Å². The Labute approximate surface area is 94.1 Å². The van der Waals surface area contributed by atoms with Gasteiger partial charge in [-0.1, -0.05) is 19.1 Å². The van der Waals surface area contributed by atoms with Crippen LogP contribution in [0, 0.1) is 0 Å². The summed E-state index contributed by atoms with van der Waals surface area (Å²) in [5.74, 6) is 0.778. The molecule has 1 heterocycles. The van der Waals surface area contributed by atoms with E-state index in [9.17, 15) is 4.79 Å². The highest BCUT2D eigenvalue weighted by atomic mass is 16.8. The third-order valence-electron chi connectivity index (χ3n) is 2.42. The van der Waals surface area contributed by atoms with E-state index in [1.165, 1.54) is 5.56 Å². The molecule has 1 aliphatic rings. The lowest BCUT2D eigenvalue weighted by Crippen LogP contribution is -2.19. The van der Waals surface area contributed by atoms with Crippen molar-refractivity contribution in [3.05, 3.63) is 29.8 Å². The lowest BCUT2D eigenvalue weighted by atomic mass is 10.2. The van der Waals surface area contributed by atoms with Crippen LogP contribution in [0.15, 0.2) is 24.3 Å². The van der Waals surface area contributed by atoms with Crippen LogP contribution >= 0.6 is 0 Å². The van der Waals surface area contributed by atoms with Crippen LogP contribution < -0.4 is 4.74 Å². The van der Waals surface area contributed by atoms with Gasteiger partial charge in [-0.15, -0.1) is 0 Å². The third kappa shape index (κ3) is 2.66. The predicted molar refractivity (Wildman–Crippen MR) is 57.5 cm³/mol. The van der Waals surface area contributed by atoms with E-state index in [1.807, 2.05) is 24.3 Å². The van der Waals surface area contributed by atoms with Crippen molar-refractivity contribution in [3.63, 3.8) is 0 Å². The number of hydrogen-bond acceptors (Lipinski definition) is 4. The SMILES string of the molecule is CCc1ccc(OCC2COC(=O)O2)cc1. The van der Waals surface area contributed by atoms with E-state index in [4.69, 9.17) is 9.47 Å². The van der Waals surface area contributed by atoms with Gasteiger partial charge >= 0.3 is 6.16 Å². The molecule has 1 aromatic carbocycles. The molecular weight excluding hydrogens is 208 g/mol. The molecule has 0 aromatic heterocycles. The first kappa shape index (κ1) is 10.8. The lowest BCUT2D eigenvalue weighted by molar-refractivity contribution is 0.0983. The van der Waals surface area contributed by atoms with Crippen LogP contribution in [0.5, 0.6) is 5.75 Å². The molecular formula is C12H14O4. The smallest absolute Gasteiger partial charge is 0.490 e. The Balaban J connectivity index is 1.82. The molecule has 1 atom stereocenters. The maximum absolute atomic E-state index is 10.6. The Morgan fingerprint density at radius 2 is 2.12 bits per heavy atom. The van der Waals surface area contributed by atoms with Gasteiger partial charge in [0.05, 0.1) is 0 Å². The molecule has 1 aliphatic heterocycles. The Hall–Kier alpha value is -1.71. The van der Waals surface area contributed by atoms with Gasteiger partial charge in [-0.25, -0.2) is 4.79 Å². The van der Waals surface area contributed by atoms with Crippen molar-refractivity contribution in [1.29, 1.82) is 0 Å². The van der Waals surface area contributed by atoms with E-state index in [-0.39, 0.29) is 12.7 Å². The lowest BCUT2D eigenvalue weighted by Gasteiger charge is -2.09. The summed E-state index contributed by atoms with van der Waals surface area (Å²) < 4.78 is 15.0. The summed E-state index contributed by atoms with van der Waals surface area (Å²) in [7, 11) is 0. The van der Waals surface area contributed by atoms with Crippen molar-refractivity contribution < 1.29 is 19.0 Å². The van der Waals surface area contributed by atoms with Crippen molar-refractivity contribution >= 4 is 6.16 Å². The molecule has 1 aromatic rings. The number of ether oxygens (including phenoxy) is 3. The number of hydrogen-bond donors (Lipinski definition) is 0. The van der Waals surface area contributed by atoms with Gasteiger partial charge in [0.15, 0.2) is 6.10 Å². The summed E-state index contributed by atoms with van der Waals surface area (Å²) >= 11 is 0. The van der Waals surface area contributed by atoms with Crippen molar-refractivity contribution in [2.24, 2.45) is 0 Å². The van der Waals surface area contributed by atoms with Gasteiger partial charge < -0.3 is 14.2 Å². The third-order valence-corrected chi connectivity index (χ3v) is 2.42. The topological polar surface area (TPSA) is 44.8 Å². The van der Waals surface area contributed by atoms with Crippen LogP contribution in [-0.2, 0) is 15.9 Å². The standard InChI is InChI=1S/C12H14O4/c1-2-9-3-5-10(6-4-9)14-7-11-8-15-12(13)16-11/h3-6,11H,2,7-8H2,1H3. The molecule has 1 unspecified atom stereocenters. The Morgan fingerprint density at radius 3 is 2.69 bits per heavy atom. The zero-order valence-electron chi connectivity index (χ0n) is 9.14. The fourth-order valence-corrected chi connectivity index (χ4v) is 1.46. The van der Waals surface area contributed by atoms with E-state index in [1.54, 1.807) is 0 Å². The average Bonchev–Trinajstić information content (AvgIpc) is 2.73. The molecule has 4 nitrogen and oxygen atoms in total. The monoisotopic (exact) mass is 222 g/mol. The molecule has 0 N–H and O–H groups in total. The largest absolute Gasteiger partial charge is 0.508 e. The summed E-state index contributed by atoms with van der Waals surface area (Å²) in [5, 5.41) is 0. The minimum atomic E-state index is -0.616. The zero-order valence-corrected chi connectivity index (χ0v) is 9.14. The Kier molecular flexibility index (Phi) is 3.29. The van der Waals surface area contributed by atoms with Crippen LogP contribution in [0.1, 0.15) is 12.5 Å². The van der Waals surface area contributed by atoms with Crippen LogP contribution in [0.4, 0.5) is 4.79 Å². The number of cyclic esters (lactones) is 2. The highest BCUT2D eigenvalue weighted by molar-refractivity contribution is 5.61. The number of aryl methyl sites for hydroxylation is 1. The maximum Gasteiger partial charge on any atom is 0.508 e. The first-order valence-electron chi connectivity index (χ1n) is 5.33. The predicted octanol–water partition coefficient (Wildman–Crippen LogP) is 2.16. The number of rotatable bonds is 4. The molecule has 0 radical (unpaired) electrons. The van der Waals surface area contributed by atoms with E-state index in [0.29, 0.717) is 6.61 Å². The van der Waals surface area contributed by atoms with Crippen LogP contribution in [-0.4, -0.2) is 25.5 Å².